The lowest BCUT2D eigenvalue weighted by Crippen LogP contribution is -2.45. The average Bonchev–Trinajstić information content (AvgIpc) is 2.35. The van der Waals surface area contributed by atoms with Crippen LogP contribution in [0.25, 0.3) is 0 Å². The van der Waals surface area contributed by atoms with E-state index in [-0.39, 0.29) is 12.5 Å². The van der Waals surface area contributed by atoms with Gasteiger partial charge in [-0.3, -0.25) is 4.79 Å². The Labute approximate surface area is 115 Å². The molecule has 1 rings (SSSR count). The summed E-state index contributed by atoms with van der Waals surface area (Å²) in [4.78, 5) is 11.4. The second-order valence-corrected chi connectivity index (χ2v) is 7.46. The van der Waals surface area contributed by atoms with Gasteiger partial charge in [-0.1, -0.05) is 6.92 Å². The van der Waals surface area contributed by atoms with Crippen molar-refractivity contribution in [1.82, 2.24) is 4.31 Å². The summed E-state index contributed by atoms with van der Waals surface area (Å²) in [6.07, 6.45) is 3.75. The van der Waals surface area contributed by atoms with Gasteiger partial charge in [0.15, 0.2) is 0 Å². The average molecular weight is 292 g/mol. The van der Waals surface area contributed by atoms with Crippen molar-refractivity contribution < 1.29 is 18.3 Å². The molecule has 1 heterocycles. The standard InChI is InChI=1S/C12H24N2O4S/c1-3-12(9-13,11(15)16)7-10-5-4-6-14(8-10)19(2,17)18/h10H,3-9,13H2,1-2H3,(H,15,16). The van der Waals surface area contributed by atoms with Gasteiger partial charge in [-0.05, 0) is 31.6 Å². The third kappa shape index (κ3) is 3.90. The molecule has 0 bridgehead atoms. The lowest BCUT2D eigenvalue weighted by atomic mass is 9.75. The molecule has 0 amide bonds. The van der Waals surface area contributed by atoms with Crippen molar-refractivity contribution in [3.63, 3.8) is 0 Å². The number of carbonyl (C=O) groups is 1. The zero-order valence-electron chi connectivity index (χ0n) is 11.6. The molecule has 2 unspecified atom stereocenters. The molecule has 2 atom stereocenters. The summed E-state index contributed by atoms with van der Waals surface area (Å²) in [6, 6.07) is 0. The van der Waals surface area contributed by atoms with E-state index in [1.165, 1.54) is 10.6 Å². The Balaban J connectivity index is 2.78. The number of piperidine rings is 1. The van der Waals surface area contributed by atoms with Crippen LogP contribution in [0, 0.1) is 11.3 Å². The van der Waals surface area contributed by atoms with E-state index < -0.39 is 21.4 Å². The van der Waals surface area contributed by atoms with E-state index in [4.69, 9.17) is 5.73 Å². The van der Waals surface area contributed by atoms with Crippen molar-refractivity contribution in [2.45, 2.75) is 32.6 Å². The maximum absolute atomic E-state index is 11.6. The van der Waals surface area contributed by atoms with Crippen LogP contribution in [0.3, 0.4) is 0 Å². The first kappa shape index (κ1) is 16.4. The van der Waals surface area contributed by atoms with Crippen LogP contribution in [-0.4, -0.2) is 49.7 Å². The van der Waals surface area contributed by atoms with Gasteiger partial charge >= 0.3 is 5.97 Å². The fourth-order valence-corrected chi connectivity index (χ4v) is 3.69. The topological polar surface area (TPSA) is 101 Å². The van der Waals surface area contributed by atoms with Gasteiger partial charge in [0.1, 0.15) is 0 Å². The second kappa shape index (κ2) is 6.19. The molecular formula is C12H24N2O4S. The van der Waals surface area contributed by atoms with Gasteiger partial charge in [-0.15, -0.1) is 0 Å². The molecule has 3 N–H and O–H groups in total. The van der Waals surface area contributed by atoms with E-state index in [0.29, 0.717) is 25.9 Å². The molecule has 19 heavy (non-hydrogen) atoms. The first-order valence-corrected chi connectivity index (χ1v) is 8.48. The number of aliphatic carboxylic acids is 1. The molecule has 0 aromatic rings. The van der Waals surface area contributed by atoms with E-state index in [1.54, 1.807) is 0 Å². The second-order valence-electron chi connectivity index (χ2n) is 5.48. The number of rotatable bonds is 6. The molecular weight excluding hydrogens is 268 g/mol. The molecule has 6 nitrogen and oxygen atoms in total. The Kier molecular flexibility index (Phi) is 5.34. The zero-order chi connectivity index (χ0) is 14.7. The highest BCUT2D eigenvalue weighted by molar-refractivity contribution is 7.88. The lowest BCUT2D eigenvalue weighted by Gasteiger charge is -2.36. The van der Waals surface area contributed by atoms with Gasteiger partial charge in [0.2, 0.25) is 10.0 Å². The van der Waals surface area contributed by atoms with E-state index >= 15 is 0 Å². The molecule has 1 fully saturated rings. The predicted molar refractivity (Wildman–Crippen MR) is 73.2 cm³/mol. The number of sulfonamides is 1. The monoisotopic (exact) mass is 292 g/mol. The van der Waals surface area contributed by atoms with E-state index in [1.807, 2.05) is 6.92 Å². The fourth-order valence-electron chi connectivity index (χ4n) is 2.75. The normalized spacial score (nSPS) is 24.9. The first-order valence-electron chi connectivity index (χ1n) is 6.64. The summed E-state index contributed by atoms with van der Waals surface area (Å²) < 4.78 is 24.6. The van der Waals surface area contributed by atoms with Crippen LogP contribution in [0.15, 0.2) is 0 Å². The molecule has 0 aliphatic carbocycles. The highest BCUT2D eigenvalue weighted by Gasteiger charge is 2.39. The quantitative estimate of drug-likeness (QED) is 0.742. The first-order chi connectivity index (χ1) is 8.75. The molecule has 0 aromatic heterocycles. The summed E-state index contributed by atoms with van der Waals surface area (Å²) in [5.74, 6) is -0.808. The van der Waals surface area contributed by atoms with Crippen molar-refractivity contribution in [2.24, 2.45) is 17.1 Å². The molecule has 112 valence electrons. The van der Waals surface area contributed by atoms with Gasteiger partial charge in [0.05, 0.1) is 11.7 Å². The van der Waals surface area contributed by atoms with Gasteiger partial charge < -0.3 is 10.8 Å². The van der Waals surface area contributed by atoms with Gasteiger partial charge in [0, 0.05) is 19.6 Å². The van der Waals surface area contributed by atoms with Crippen LogP contribution in [0.4, 0.5) is 0 Å². The number of nitrogens with zero attached hydrogens (tertiary/aromatic N) is 1. The summed E-state index contributed by atoms with van der Waals surface area (Å²) >= 11 is 0. The maximum Gasteiger partial charge on any atom is 0.310 e. The SMILES string of the molecule is CCC(CN)(CC1CCCN(S(C)(=O)=O)C1)C(=O)O. The molecule has 1 aliphatic rings. The van der Waals surface area contributed by atoms with Crippen molar-refractivity contribution in [1.29, 1.82) is 0 Å². The van der Waals surface area contributed by atoms with Crippen molar-refractivity contribution in [3.8, 4) is 0 Å². The minimum absolute atomic E-state index is 0.0723. The Morgan fingerprint density at radius 3 is 2.58 bits per heavy atom. The smallest absolute Gasteiger partial charge is 0.310 e. The summed E-state index contributed by atoms with van der Waals surface area (Å²) in [6.45, 7) is 2.85. The van der Waals surface area contributed by atoms with Crippen LogP contribution >= 0.6 is 0 Å². The van der Waals surface area contributed by atoms with Crippen molar-refractivity contribution in [2.75, 3.05) is 25.9 Å². The minimum Gasteiger partial charge on any atom is -0.481 e. The Morgan fingerprint density at radius 2 is 2.16 bits per heavy atom. The Bertz CT molecular complexity index is 417. The number of hydrogen-bond acceptors (Lipinski definition) is 4. The maximum atomic E-state index is 11.6. The molecule has 0 spiro atoms. The van der Waals surface area contributed by atoms with Crippen LogP contribution < -0.4 is 5.73 Å². The number of nitrogens with two attached hydrogens (primary N) is 1. The molecule has 0 radical (unpaired) electrons. The largest absolute Gasteiger partial charge is 0.481 e. The van der Waals surface area contributed by atoms with Crippen molar-refractivity contribution in [3.05, 3.63) is 0 Å². The molecule has 7 heteroatoms. The molecule has 0 saturated carbocycles. The number of carboxylic acid groups (broad SMARTS) is 1. The van der Waals surface area contributed by atoms with Gasteiger partial charge in [0.25, 0.3) is 0 Å². The van der Waals surface area contributed by atoms with Crippen LogP contribution in [0.5, 0.6) is 0 Å². The lowest BCUT2D eigenvalue weighted by molar-refractivity contribution is -0.150. The van der Waals surface area contributed by atoms with E-state index in [0.717, 1.165) is 12.8 Å². The minimum atomic E-state index is -3.19. The summed E-state index contributed by atoms with van der Waals surface area (Å²) in [5.41, 5.74) is 4.72. The zero-order valence-corrected chi connectivity index (χ0v) is 12.4. The third-order valence-electron chi connectivity index (χ3n) is 4.15. The number of hydrogen-bond donors (Lipinski definition) is 2. The highest BCUT2D eigenvalue weighted by Crippen LogP contribution is 2.34. The van der Waals surface area contributed by atoms with Crippen LogP contribution in [0.1, 0.15) is 32.6 Å². The third-order valence-corrected chi connectivity index (χ3v) is 5.42. The number of carboxylic acids is 1. The fraction of sp³-hybridized carbons (Fsp3) is 0.917. The van der Waals surface area contributed by atoms with Gasteiger partial charge in [-0.2, -0.15) is 0 Å². The highest BCUT2D eigenvalue weighted by atomic mass is 32.2. The van der Waals surface area contributed by atoms with Crippen molar-refractivity contribution >= 4 is 16.0 Å². The van der Waals surface area contributed by atoms with Crippen LogP contribution in [0.2, 0.25) is 0 Å². The Hall–Kier alpha value is -0.660. The molecule has 1 saturated heterocycles. The van der Waals surface area contributed by atoms with E-state index in [9.17, 15) is 18.3 Å². The molecule has 0 aromatic carbocycles. The predicted octanol–water partition coefficient (Wildman–Crippen LogP) is 0.488. The summed E-state index contributed by atoms with van der Waals surface area (Å²) in [5, 5.41) is 9.37. The van der Waals surface area contributed by atoms with E-state index in [2.05, 4.69) is 0 Å². The van der Waals surface area contributed by atoms with Gasteiger partial charge in [-0.25, -0.2) is 12.7 Å². The Morgan fingerprint density at radius 1 is 1.53 bits per heavy atom. The summed E-state index contributed by atoms with van der Waals surface area (Å²) in [7, 11) is -3.19. The molecule has 1 aliphatic heterocycles. The van der Waals surface area contributed by atoms with Crippen LogP contribution in [-0.2, 0) is 14.8 Å².